The van der Waals surface area contributed by atoms with Crippen LogP contribution in [0.4, 0.5) is 0 Å². The van der Waals surface area contributed by atoms with Crippen molar-refractivity contribution in [3.05, 3.63) is 10.2 Å². The first kappa shape index (κ1) is 13.7. The summed E-state index contributed by atoms with van der Waals surface area (Å²) in [7, 11) is -1.44. The zero-order valence-corrected chi connectivity index (χ0v) is 13.5. The van der Waals surface area contributed by atoms with E-state index in [1.165, 1.54) is 25.7 Å². The molecule has 0 aliphatic heterocycles. The van der Waals surface area contributed by atoms with E-state index in [1.807, 2.05) is 0 Å². The average molecular weight is 338 g/mol. The van der Waals surface area contributed by atoms with E-state index in [0.29, 0.717) is 0 Å². The first-order chi connectivity index (χ1) is 6.87. The SMILES string of the molecule is CC1CCCC(C=CI)(O[Si](C)(C)C)C1. The molecular formula is C12H23IOSi. The van der Waals surface area contributed by atoms with Crippen LogP contribution >= 0.6 is 22.6 Å². The zero-order chi connectivity index (χ0) is 11.5. The number of halogens is 1. The molecule has 2 atom stereocenters. The van der Waals surface area contributed by atoms with E-state index in [-0.39, 0.29) is 5.60 Å². The Kier molecular flexibility index (Phi) is 4.86. The monoisotopic (exact) mass is 338 g/mol. The van der Waals surface area contributed by atoms with Gasteiger partial charge in [-0.25, -0.2) is 0 Å². The molecule has 88 valence electrons. The van der Waals surface area contributed by atoms with E-state index < -0.39 is 8.32 Å². The minimum Gasteiger partial charge on any atom is -0.409 e. The second-order valence-corrected chi connectivity index (χ2v) is 10.9. The molecule has 1 aliphatic rings. The van der Waals surface area contributed by atoms with Gasteiger partial charge in [-0.1, -0.05) is 42.4 Å². The smallest absolute Gasteiger partial charge is 0.184 e. The minimum atomic E-state index is -1.44. The van der Waals surface area contributed by atoms with Gasteiger partial charge in [-0.05, 0) is 48.6 Å². The van der Waals surface area contributed by atoms with Crippen LogP contribution in [-0.2, 0) is 4.43 Å². The average Bonchev–Trinajstić information content (AvgIpc) is 1.99. The molecule has 0 amide bonds. The highest BCUT2D eigenvalue weighted by molar-refractivity contribution is 14.1. The van der Waals surface area contributed by atoms with Crippen LogP contribution in [0.3, 0.4) is 0 Å². The lowest BCUT2D eigenvalue weighted by Gasteiger charge is -2.42. The summed E-state index contributed by atoms with van der Waals surface area (Å²) in [4.78, 5) is 0. The summed E-state index contributed by atoms with van der Waals surface area (Å²) in [5.41, 5.74) is 0.0589. The van der Waals surface area contributed by atoms with Gasteiger partial charge >= 0.3 is 0 Å². The van der Waals surface area contributed by atoms with E-state index in [9.17, 15) is 0 Å². The lowest BCUT2D eigenvalue weighted by atomic mass is 9.79. The highest BCUT2D eigenvalue weighted by Gasteiger charge is 2.37. The molecule has 0 heterocycles. The van der Waals surface area contributed by atoms with Crippen molar-refractivity contribution >= 4 is 30.9 Å². The molecule has 0 N–H and O–H groups in total. The quantitative estimate of drug-likeness (QED) is 0.534. The van der Waals surface area contributed by atoms with Crippen LogP contribution in [0.15, 0.2) is 10.2 Å². The summed E-state index contributed by atoms with van der Waals surface area (Å²) in [6, 6.07) is 0. The molecule has 1 nitrogen and oxygen atoms in total. The molecule has 15 heavy (non-hydrogen) atoms. The van der Waals surface area contributed by atoms with Gasteiger partial charge in [0.2, 0.25) is 0 Å². The van der Waals surface area contributed by atoms with Gasteiger partial charge < -0.3 is 4.43 Å². The lowest BCUT2D eigenvalue weighted by Crippen LogP contribution is -2.44. The number of rotatable bonds is 3. The topological polar surface area (TPSA) is 9.23 Å². The van der Waals surface area contributed by atoms with E-state index in [1.54, 1.807) is 0 Å². The Hall–Kier alpha value is 0.647. The normalized spacial score (nSPS) is 33.5. The second kappa shape index (κ2) is 5.32. The van der Waals surface area contributed by atoms with Crippen molar-refractivity contribution in [1.29, 1.82) is 0 Å². The van der Waals surface area contributed by atoms with Crippen molar-refractivity contribution in [2.75, 3.05) is 0 Å². The first-order valence-corrected chi connectivity index (χ1v) is 10.5. The third-order valence-electron chi connectivity index (χ3n) is 2.87. The van der Waals surface area contributed by atoms with Gasteiger partial charge in [0.05, 0.1) is 5.60 Å². The minimum absolute atomic E-state index is 0.0589. The van der Waals surface area contributed by atoms with Crippen LogP contribution in [0.25, 0.3) is 0 Å². The Morgan fingerprint density at radius 3 is 2.53 bits per heavy atom. The fourth-order valence-electron chi connectivity index (χ4n) is 2.55. The summed E-state index contributed by atoms with van der Waals surface area (Å²) in [5, 5.41) is 0. The van der Waals surface area contributed by atoms with Gasteiger partial charge in [0, 0.05) is 0 Å². The summed E-state index contributed by atoms with van der Waals surface area (Å²) >= 11 is 2.31. The molecular weight excluding hydrogens is 315 g/mol. The molecule has 0 bridgehead atoms. The van der Waals surface area contributed by atoms with Gasteiger partial charge in [-0.15, -0.1) is 0 Å². The van der Waals surface area contributed by atoms with Crippen molar-refractivity contribution in [2.24, 2.45) is 5.92 Å². The Bertz CT molecular complexity index is 234. The summed E-state index contributed by atoms with van der Waals surface area (Å²) in [6.07, 6.45) is 7.39. The Balaban J connectivity index is 2.78. The molecule has 0 spiro atoms. The van der Waals surface area contributed by atoms with Crippen molar-refractivity contribution < 1.29 is 4.43 Å². The van der Waals surface area contributed by atoms with E-state index in [2.05, 4.69) is 59.3 Å². The molecule has 0 radical (unpaired) electrons. The largest absolute Gasteiger partial charge is 0.409 e. The Morgan fingerprint density at radius 1 is 1.40 bits per heavy atom. The number of hydrogen-bond donors (Lipinski definition) is 0. The van der Waals surface area contributed by atoms with Crippen LogP contribution in [0.2, 0.25) is 19.6 Å². The summed E-state index contributed by atoms with van der Waals surface area (Å²) < 4.78 is 8.56. The maximum Gasteiger partial charge on any atom is 0.184 e. The molecule has 2 unspecified atom stereocenters. The first-order valence-electron chi connectivity index (χ1n) is 5.85. The van der Waals surface area contributed by atoms with E-state index in [0.717, 1.165) is 5.92 Å². The van der Waals surface area contributed by atoms with Gasteiger partial charge in [0.1, 0.15) is 0 Å². The van der Waals surface area contributed by atoms with Gasteiger partial charge in [0.25, 0.3) is 0 Å². The molecule has 1 saturated carbocycles. The highest BCUT2D eigenvalue weighted by Crippen LogP contribution is 2.38. The fraction of sp³-hybridized carbons (Fsp3) is 0.833. The predicted octanol–water partition coefficient (Wildman–Crippen LogP) is 4.74. The Morgan fingerprint density at radius 2 is 2.07 bits per heavy atom. The molecule has 0 saturated heterocycles. The maximum atomic E-state index is 6.42. The van der Waals surface area contributed by atoms with Crippen LogP contribution in [0.5, 0.6) is 0 Å². The van der Waals surface area contributed by atoms with Crippen LogP contribution in [-0.4, -0.2) is 13.9 Å². The maximum absolute atomic E-state index is 6.42. The summed E-state index contributed by atoms with van der Waals surface area (Å²) in [6.45, 7) is 9.21. The highest BCUT2D eigenvalue weighted by atomic mass is 127. The molecule has 3 heteroatoms. The predicted molar refractivity (Wildman–Crippen MR) is 78.0 cm³/mol. The number of hydrogen-bond acceptors (Lipinski definition) is 1. The zero-order valence-electron chi connectivity index (χ0n) is 10.3. The molecule has 0 aromatic heterocycles. The Labute approximate surface area is 109 Å². The van der Waals surface area contributed by atoms with Crippen LogP contribution in [0.1, 0.15) is 32.6 Å². The molecule has 1 rings (SSSR count). The van der Waals surface area contributed by atoms with Gasteiger partial charge in [-0.2, -0.15) is 0 Å². The lowest BCUT2D eigenvalue weighted by molar-refractivity contribution is 0.0496. The molecule has 1 aliphatic carbocycles. The van der Waals surface area contributed by atoms with E-state index in [4.69, 9.17) is 4.43 Å². The van der Waals surface area contributed by atoms with Gasteiger partial charge in [0.15, 0.2) is 8.32 Å². The van der Waals surface area contributed by atoms with Crippen molar-refractivity contribution in [3.8, 4) is 0 Å². The second-order valence-electron chi connectivity index (χ2n) is 5.77. The van der Waals surface area contributed by atoms with Crippen molar-refractivity contribution in [3.63, 3.8) is 0 Å². The van der Waals surface area contributed by atoms with Crippen LogP contribution < -0.4 is 0 Å². The van der Waals surface area contributed by atoms with Crippen molar-refractivity contribution in [1.82, 2.24) is 0 Å². The molecule has 0 aromatic rings. The summed E-state index contributed by atoms with van der Waals surface area (Å²) in [5.74, 6) is 0.808. The standard InChI is InChI=1S/C12H23IOSi/c1-11-6-5-7-12(10-11,8-9-13)14-15(2,3)4/h8-9,11H,5-7,10H2,1-4H3. The van der Waals surface area contributed by atoms with Crippen molar-refractivity contribution in [2.45, 2.75) is 57.8 Å². The molecule has 1 fully saturated rings. The molecule has 0 aromatic carbocycles. The third-order valence-corrected chi connectivity index (χ3v) is 4.25. The van der Waals surface area contributed by atoms with Crippen LogP contribution in [0, 0.1) is 5.92 Å². The van der Waals surface area contributed by atoms with Gasteiger partial charge in [-0.3, -0.25) is 0 Å². The third kappa shape index (κ3) is 4.57. The fourth-order valence-corrected chi connectivity index (χ4v) is 4.67. The van der Waals surface area contributed by atoms with E-state index >= 15 is 0 Å².